The molecule has 1 fully saturated rings. The molecular formula is C11H18N4O4S2. The second-order valence-corrected chi connectivity index (χ2v) is 8.46. The van der Waals surface area contributed by atoms with Gasteiger partial charge < -0.3 is 5.43 Å². The van der Waals surface area contributed by atoms with Gasteiger partial charge in [-0.1, -0.05) is 18.3 Å². The Hall–Kier alpha value is -1.23. The maximum absolute atomic E-state index is 12.7. The summed E-state index contributed by atoms with van der Waals surface area (Å²) < 4.78 is 26.8. The molecule has 10 heteroatoms. The van der Waals surface area contributed by atoms with Crippen LogP contribution in [-0.4, -0.2) is 30.2 Å². The highest BCUT2D eigenvalue weighted by atomic mass is 32.2. The van der Waals surface area contributed by atoms with Crippen LogP contribution in [0, 0.1) is 16.0 Å². The van der Waals surface area contributed by atoms with E-state index in [-0.39, 0.29) is 26.9 Å². The summed E-state index contributed by atoms with van der Waals surface area (Å²) in [6, 6.07) is 0.961. The van der Waals surface area contributed by atoms with Crippen LogP contribution in [0.15, 0.2) is 10.3 Å². The van der Waals surface area contributed by atoms with Gasteiger partial charge in [-0.25, -0.2) is 14.3 Å². The summed E-state index contributed by atoms with van der Waals surface area (Å²) in [6.07, 6.45) is 1.77. The lowest BCUT2D eigenvalue weighted by Gasteiger charge is -2.35. The number of rotatable bonds is 4. The molecule has 118 valence electrons. The van der Waals surface area contributed by atoms with Crippen molar-refractivity contribution in [1.29, 1.82) is 0 Å². The topological polar surface area (TPSA) is 119 Å². The maximum Gasteiger partial charge on any atom is 0.306 e. The third-order valence-corrected chi connectivity index (χ3v) is 7.13. The Kier molecular flexibility index (Phi) is 4.51. The van der Waals surface area contributed by atoms with Gasteiger partial charge in [-0.3, -0.25) is 10.1 Å². The number of nitrogen functional groups attached to an aromatic ring is 1. The fourth-order valence-electron chi connectivity index (χ4n) is 2.42. The first-order chi connectivity index (χ1) is 9.77. The van der Waals surface area contributed by atoms with E-state index in [0.717, 1.165) is 30.2 Å². The second kappa shape index (κ2) is 5.87. The molecule has 2 atom stereocenters. The van der Waals surface area contributed by atoms with Crippen LogP contribution in [0.3, 0.4) is 0 Å². The number of thiophene rings is 1. The van der Waals surface area contributed by atoms with E-state index in [1.807, 2.05) is 13.8 Å². The summed E-state index contributed by atoms with van der Waals surface area (Å²) in [5.74, 6) is 5.50. The van der Waals surface area contributed by atoms with Crippen LogP contribution in [0.25, 0.3) is 0 Å². The zero-order valence-corrected chi connectivity index (χ0v) is 13.4. The predicted octanol–water partition coefficient (Wildman–Crippen LogP) is 1.75. The van der Waals surface area contributed by atoms with Crippen LogP contribution in [0.4, 0.5) is 10.7 Å². The molecule has 21 heavy (non-hydrogen) atoms. The van der Waals surface area contributed by atoms with Crippen LogP contribution in [0.2, 0.25) is 0 Å². The highest BCUT2D eigenvalue weighted by Gasteiger charge is 2.36. The van der Waals surface area contributed by atoms with Gasteiger partial charge in [0.15, 0.2) is 5.00 Å². The molecule has 0 bridgehead atoms. The molecule has 8 nitrogen and oxygen atoms in total. The van der Waals surface area contributed by atoms with Crippen LogP contribution in [0.1, 0.15) is 26.7 Å². The molecule has 1 aliphatic rings. The van der Waals surface area contributed by atoms with Crippen molar-refractivity contribution >= 4 is 32.0 Å². The molecule has 0 aromatic carbocycles. The van der Waals surface area contributed by atoms with Crippen molar-refractivity contribution in [2.45, 2.75) is 36.9 Å². The SMILES string of the molecule is CC1CCC(C)N(S(=O)(=O)c2cc([N+](=O)[O-])c(NN)s2)C1. The minimum atomic E-state index is -3.74. The monoisotopic (exact) mass is 334 g/mol. The molecule has 0 spiro atoms. The van der Waals surface area contributed by atoms with Crippen molar-refractivity contribution in [2.75, 3.05) is 12.0 Å². The number of nitrogens with zero attached hydrogens (tertiary/aromatic N) is 2. The van der Waals surface area contributed by atoms with Crippen molar-refractivity contribution in [3.63, 3.8) is 0 Å². The molecule has 1 aromatic rings. The van der Waals surface area contributed by atoms with Gasteiger partial charge in [0, 0.05) is 18.7 Å². The first kappa shape index (κ1) is 16.1. The third kappa shape index (κ3) is 3.03. The molecule has 1 aliphatic heterocycles. The lowest BCUT2D eigenvalue weighted by atomic mass is 9.97. The second-order valence-electron chi connectivity index (χ2n) is 5.29. The molecule has 2 unspecified atom stereocenters. The van der Waals surface area contributed by atoms with Crippen molar-refractivity contribution in [3.05, 3.63) is 16.2 Å². The number of nitrogens with one attached hydrogen (secondary N) is 1. The van der Waals surface area contributed by atoms with Crippen LogP contribution in [0.5, 0.6) is 0 Å². The van der Waals surface area contributed by atoms with Gasteiger partial charge in [0.1, 0.15) is 4.21 Å². The van der Waals surface area contributed by atoms with E-state index in [0.29, 0.717) is 6.54 Å². The van der Waals surface area contributed by atoms with Gasteiger partial charge in [0.25, 0.3) is 10.0 Å². The number of hydrazine groups is 1. The molecular weight excluding hydrogens is 316 g/mol. The highest BCUT2D eigenvalue weighted by molar-refractivity contribution is 7.91. The maximum atomic E-state index is 12.7. The van der Waals surface area contributed by atoms with E-state index in [9.17, 15) is 18.5 Å². The first-order valence-electron chi connectivity index (χ1n) is 6.54. The van der Waals surface area contributed by atoms with E-state index in [2.05, 4.69) is 5.43 Å². The van der Waals surface area contributed by atoms with Gasteiger partial charge >= 0.3 is 5.69 Å². The van der Waals surface area contributed by atoms with Gasteiger partial charge in [0.2, 0.25) is 0 Å². The van der Waals surface area contributed by atoms with Gasteiger partial charge in [-0.05, 0) is 25.7 Å². The van der Waals surface area contributed by atoms with E-state index in [1.54, 1.807) is 0 Å². The third-order valence-electron chi connectivity index (χ3n) is 3.64. The van der Waals surface area contributed by atoms with Crippen molar-refractivity contribution in [3.8, 4) is 0 Å². The highest BCUT2D eigenvalue weighted by Crippen LogP contribution is 2.39. The van der Waals surface area contributed by atoms with Crippen molar-refractivity contribution in [2.24, 2.45) is 11.8 Å². The molecule has 0 saturated carbocycles. The number of nitro groups is 1. The molecule has 0 aliphatic carbocycles. The minimum Gasteiger partial charge on any atom is -0.310 e. The number of hydrogen-bond acceptors (Lipinski definition) is 7. The normalized spacial score (nSPS) is 24.0. The Balaban J connectivity index is 2.41. The first-order valence-corrected chi connectivity index (χ1v) is 8.79. The average Bonchev–Trinajstić information content (AvgIpc) is 2.86. The van der Waals surface area contributed by atoms with Crippen LogP contribution in [-0.2, 0) is 10.0 Å². The Morgan fingerprint density at radius 1 is 1.48 bits per heavy atom. The molecule has 2 rings (SSSR count). The standard InChI is InChI=1S/C11H18N4O4S2/c1-7-3-4-8(2)14(6-7)21(18,19)10-5-9(15(16)17)11(13-12)20-10/h5,7-8,13H,3-4,6,12H2,1-2H3. The smallest absolute Gasteiger partial charge is 0.306 e. The van der Waals surface area contributed by atoms with Gasteiger partial charge in [0.05, 0.1) is 4.92 Å². The molecule has 2 heterocycles. The van der Waals surface area contributed by atoms with E-state index < -0.39 is 14.9 Å². The van der Waals surface area contributed by atoms with Gasteiger partial charge in [-0.2, -0.15) is 4.31 Å². The number of hydrogen-bond donors (Lipinski definition) is 2. The summed E-state index contributed by atoms with van der Waals surface area (Å²) in [5.41, 5.74) is 1.87. The largest absolute Gasteiger partial charge is 0.310 e. The van der Waals surface area contributed by atoms with Gasteiger partial charge in [-0.15, -0.1) is 0 Å². The average molecular weight is 334 g/mol. The molecule has 0 amide bonds. The van der Waals surface area contributed by atoms with E-state index >= 15 is 0 Å². The zero-order chi connectivity index (χ0) is 15.8. The molecule has 0 radical (unpaired) electrons. The number of nitrogens with two attached hydrogens (primary N) is 1. The van der Waals surface area contributed by atoms with Crippen LogP contribution < -0.4 is 11.3 Å². The number of piperidine rings is 1. The summed E-state index contributed by atoms with van der Waals surface area (Å²) in [6.45, 7) is 4.28. The minimum absolute atomic E-state index is 0.0382. The summed E-state index contributed by atoms with van der Waals surface area (Å²) in [7, 11) is -3.74. The Morgan fingerprint density at radius 3 is 2.67 bits per heavy atom. The van der Waals surface area contributed by atoms with Crippen molar-refractivity contribution < 1.29 is 13.3 Å². The summed E-state index contributed by atoms with van der Waals surface area (Å²) in [4.78, 5) is 10.3. The molecule has 1 aromatic heterocycles. The lowest BCUT2D eigenvalue weighted by molar-refractivity contribution is -0.383. The molecule has 1 saturated heterocycles. The van der Waals surface area contributed by atoms with E-state index in [4.69, 9.17) is 5.84 Å². The quantitative estimate of drug-likeness (QED) is 0.492. The fourth-order valence-corrected chi connectivity index (χ4v) is 5.57. The lowest BCUT2D eigenvalue weighted by Crippen LogP contribution is -2.44. The molecule has 3 N–H and O–H groups in total. The Morgan fingerprint density at radius 2 is 2.14 bits per heavy atom. The zero-order valence-electron chi connectivity index (χ0n) is 11.8. The van der Waals surface area contributed by atoms with Crippen LogP contribution >= 0.6 is 11.3 Å². The van der Waals surface area contributed by atoms with E-state index in [1.165, 1.54) is 4.31 Å². The van der Waals surface area contributed by atoms with Crippen molar-refractivity contribution in [1.82, 2.24) is 4.31 Å². The fraction of sp³-hybridized carbons (Fsp3) is 0.636. The Labute approximate surface area is 127 Å². The summed E-state index contributed by atoms with van der Waals surface area (Å²) >= 11 is 0.784. The summed E-state index contributed by atoms with van der Waals surface area (Å²) in [5, 5.41) is 11.0. The number of sulfonamides is 1. The Bertz CT molecular complexity index is 643. The predicted molar refractivity (Wildman–Crippen MR) is 80.5 cm³/mol. The number of anilines is 1.